The molecule has 1 fully saturated rings. The first-order chi connectivity index (χ1) is 19.4. The number of esters is 1. The number of benzene rings is 1. The number of carbonyl (C=O) groups is 2. The molecule has 0 bridgehead atoms. The fraction of sp³-hybridized carbons (Fsp3) is 0.588. The van der Waals surface area contributed by atoms with Gasteiger partial charge in [0.05, 0.1) is 18.2 Å². The normalized spacial score (nSPS) is 21.0. The lowest BCUT2D eigenvalue weighted by Gasteiger charge is -2.39. The van der Waals surface area contributed by atoms with E-state index in [9.17, 15) is 9.59 Å². The molecule has 1 saturated carbocycles. The van der Waals surface area contributed by atoms with Gasteiger partial charge in [0, 0.05) is 33.7 Å². The van der Waals surface area contributed by atoms with Gasteiger partial charge in [-0.15, -0.1) is 11.3 Å². The van der Waals surface area contributed by atoms with Crippen LogP contribution in [0.3, 0.4) is 0 Å². The minimum absolute atomic E-state index is 0.00128. The minimum atomic E-state index is -2.02. The number of fused-ring (bicyclic) bond motifs is 1. The number of unbranched alkanes of at least 4 members (excludes halogenated alkanes) is 1. The molecular formula is C34H49ClO4SSi. The van der Waals surface area contributed by atoms with Gasteiger partial charge in [-0.3, -0.25) is 9.59 Å². The number of carbonyl (C=O) groups excluding carboxylic acids is 2. The van der Waals surface area contributed by atoms with E-state index < -0.39 is 8.32 Å². The van der Waals surface area contributed by atoms with Crippen LogP contribution in [0, 0.1) is 17.8 Å². The summed E-state index contributed by atoms with van der Waals surface area (Å²) >= 11 is 8.57. The molecule has 0 spiro atoms. The average molecular weight is 617 g/mol. The summed E-state index contributed by atoms with van der Waals surface area (Å²) in [6.07, 6.45) is 14.9. The first-order valence-electron chi connectivity index (χ1n) is 15.1. The van der Waals surface area contributed by atoms with Crippen LogP contribution in [0.25, 0.3) is 10.1 Å². The number of ether oxygens (including phenoxy) is 1. The molecule has 1 aromatic carbocycles. The number of Topliss-reactive ketones (excluding diaryl/α,β-unsaturated/α-hetero) is 1. The second-order valence-corrected chi connectivity index (χ2v) is 19.1. The van der Waals surface area contributed by atoms with Crippen LogP contribution in [0.5, 0.6) is 0 Å². The van der Waals surface area contributed by atoms with Gasteiger partial charge in [-0.2, -0.15) is 0 Å². The van der Waals surface area contributed by atoms with Gasteiger partial charge in [-0.25, -0.2) is 0 Å². The van der Waals surface area contributed by atoms with E-state index in [1.807, 2.05) is 6.07 Å². The van der Waals surface area contributed by atoms with Gasteiger partial charge < -0.3 is 9.16 Å². The molecule has 0 amide bonds. The van der Waals surface area contributed by atoms with Gasteiger partial charge in [0.15, 0.2) is 8.32 Å². The Morgan fingerprint density at radius 1 is 1.22 bits per heavy atom. The van der Waals surface area contributed by atoms with Crippen molar-refractivity contribution in [3.05, 3.63) is 58.5 Å². The first kappa shape index (κ1) is 33.8. The Morgan fingerprint density at radius 2 is 1.95 bits per heavy atom. The highest BCUT2D eigenvalue weighted by atomic mass is 35.5. The molecule has 0 N–H and O–H groups in total. The van der Waals surface area contributed by atoms with Crippen molar-refractivity contribution in [1.29, 1.82) is 0 Å². The van der Waals surface area contributed by atoms with Crippen LogP contribution >= 0.6 is 22.9 Å². The van der Waals surface area contributed by atoms with E-state index in [4.69, 9.17) is 20.8 Å². The number of allylic oxidation sites excluding steroid dienone is 3. The summed E-state index contributed by atoms with van der Waals surface area (Å²) in [6, 6.07) is 8.33. The third-order valence-electron chi connectivity index (χ3n) is 9.00. The second kappa shape index (κ2) is 15.1. The van der Waals surface area contributed by atoms with Gasteiger partial charge >= 0.3 is 5.97 Å². The highest BCUT2D eigenvalue weighted by molar-refractivity contribution is 7.19. The van der Waals surface area contributed by atoms with Crippen molar-refractivity contribution < 1.29 is 18.8 Å². The number of rotatable bonds is 14. The summed E-state index contributed by atoms with van der Waals surface area (Å²) in [5.74, 6) is 0.764. The van der Waals surface area contributed by atoms with Crippen LogP contribution in [0.1, 0.15) is 77.5 Å². The third-order valence-corrected chi connectivity index (χ3v) is 15.3. The lowest BCUT2D eigenvalue weighted by Crippen LogP contribution is -2.43. The SMILES string of the molecule is CC[C@@H]1CC(=O)[C@H](C/C=C\CCCC(=O)OC)[C@H]1/C=C/C(CCc1sc2ccccc2c1Cl)O[Si](C)(C)C(C)(C)C. The molecule has 2 aromatic rings. The summed E-state index contributed by atoms with van der Waals surface area (Å²) in [5.41, 5.74) is 0. The number of methoxy groups -OCH3 is 1. The van der Waals surface area contributed by atoms with Crippen LogP contribution < -0.4 is 0 Å². The van der Waals surface area contributed by atoms with E-state index in [1.165, 1.54) is 16.7 Å². The minimum Gasteiger partial charge on any atom is -0.469 e. The molecule has 7 heteroatoms. The van der Waals surface area contributed by atoms with E-state index in [-0.39, 0.29) is 28.9 Å². The van der Waals surface area contributed by atoms with Gasteiger partial charge in [-0.1, -0.05) is 88.2 Å². The zero-order chi connectivity index (χ0) is 30.2. The summed E-state index contributed by atoms with van der Waals surface area (Å²) in [7, 11) is -0.601. The van der Waals surface area contributed by atoms with Crippen LogP contribution in [0.15, 0.2) is 48.6 Å². The maximum atomic E-state index is 13.1. The molecule has 4 nitrogen and oxygen atoms in total. The van der Waals surface area contributed by atoms with Gasteiger partial charge in [-0.05, 0) is 68.1 Å². The van der Waals surface area contributed by atoms with Crippen LogP contribution in [-0.4, -0.2) is 33.3 Å². The van der Waals surface area contributed by atoms with E-state index in [0.29, 0.717) is 24.5 Å². The quantitative estimate of drug-likeness (QED) is 0.0917. The topological polar surface area (TPSA) is 52.6 Å². The maximum absolute atomic E-state index is 13.1. The Bertz CT molecular complexity index is 1230. The first-order valence-corrected chi connectivity index (χ1v) is 19.2. The molecule has 1 aliphatic carbocycles. The Morgan fingerprint density at radius 3 is 2.61 bits per heavy atom. The fourth-order valence-corrected chi connectivity index (χ4v) is 8.26. The second-order valence-electron chi connectivity index (χ2n) is 12.9. The molecule has 1 heterocycles. The molecule has 3 rings (SSSR count). The predicted octanol–water partition coefficient (Wildman–Crippen LogP) is 9.95. The monoisotopic (exact) mass is 616 g/mol. The van der Waals surface area contributed by atoms with Crippen molar-refractivity contribution in [3.8, 4) is 0 Å². The lowest BCUT2D eigenvalue weighted by molar-refractivity contribution is -0.140. The fourth-order valence-electron chi connectivity index (χ4n) is 5.41. The van der Waals surface area contributed by atoms with Gasteiger partial charge in [0.25, 0.3) is 0 Å². The molecular weight excluding hydrogens is 568 g/mol. The summed E-state index contributed by atoms with van der Waals surface area (Å²) in [6.45, 7) is 13.6. The summed E-state index contributed by atoms with van der Waals surface area (Å²) in [4.78, 5) is 25.6. The van der Waals surface area contributed by atoms with E-state index in [1.54, 1.807) is 11.3 Å². The molecule has 1 unspecified atom stereocenters. The number of ketones is 1. The summed E-state index contributed by atoms with van der Waals surface area (Å²) < 4.78 is 12.9. The number of hydrogen-bond acceptors (Lipinski definition) is 5. The van der Waals surface area contributed by atoms with Crippen molar-refractivity contribution in [2.75, 3.05) is 7.11 Å². The number of aryl methyl sites for hydroxylation is 1. The van der Waals surface area contributed by atoms with Crippen LogP contribution in [0.4, 0.5) is 0 Å². The van der Waals surface area contributed by atoms with Crippen LogP contribution in [0.2, 0.25) is 23.2 Å². The molecule has 0 saturated heterocycles. The molecule has 4 atom stereocenters. The molecule has 1 aromatic heterocycles. The highest BCUT2D eigenvalue weighted by Crippen LogP contribution is 2.42. The van der Waals surface area contributed by atoms with Crippen molar-refractivity contribution in [3.63, 3.8) is 0 Å². The Balaban J connectivity index is 1.76. The maximum Gasteiger partial charge on any atom is 0.305 e. The predicted molar refractivity (Wildman–Crippen MR) is 176 cm³/mol. The zero-order valence-electron chi connectivity index (χ0n) is 26.0. The van der Waals surface area contributed by atoms with E-state index >= 15 is 0 Å². The van der Waals surface area contributed by atoms with Crippen molar-refractivity contribution in [2.24, 2.45) is 17.8 Å². The smallest absolute Gasteiger partial charge is 0.305 e. The number of thiophene rings is 1. The van der Waals surface area contributed by atoms with E-state index in [0.717, 1.165) is 48.9 Å². The number of halogens is 1. The zero-order valence-corrected chi connectivity index (χ0v) is 28.6. The van der Waals surface area contributed by atoms with Crippen molar-refractivity contribution in [2.45, 2.75) is 103 Å². The molecule has 0 aliphatic heterocycles. The molecule has 0 radical (unpaired) electrons. The Labute approximate surface area is 257 Å². The summed E-state index contributed by atoms with van der Waals surface area (Å²) in [5, 5.41) is 2.10. The van der Waals surface area contributed by atoms with Gasteiger partial charge in [0.2, 0.25) is 0 Å². The van der Waals surface area contributed by atoms with E-state index in [2.05, 4.69) is 83.3 Å². The lowest BCUT2D eigenvalue weighted by atomic mass is 9.85. The average Bonchev–Trinajstić information content (AvgIpc) is 3.41. The van der Waals surface area contributed by atoms with Crippen LogP contribution in [-0.2, 0) is 25.2 Å². The molecule has 226 valence electrons. The van der Waals surface area contributed by atoms with Crippen molar-refractivity contribution >= 4 is 53.1 Å². The van der Waals surface area contributed by atoms with Gasteiger partial charge in [0.1, 0.15) is 5.78 Å². The number of hydrogen-bond donors (Lipinski definition) is 0. The standard InChI is InChI=1S/C34H49ClO4SSi/c1-8-24-23-29(36)27(15-11-9-10-12-18-32(37)38-5)26(24)21-19-25(39-41(6,7)34(2,3)4)20-22-31-33(35)28-16-13-14-17-30(28)40-31/h9,11,13-14,16-17,19,21,24-27H,8,10,12,15,18,20,22-23H2,1-7H3/b11-9-,21-19+/t24-,25?,26+,27-/m1/s1. The Hall–Kier alpha value is -1.73. The Kier molecular flexibility index (Phi) is 12.5. The van der Waals surface area contributed by atoms with Crippen molar-refractivity contribution in [1.82, 2.24) is 0 Å². The molecule has 1 aliphatic rings. The third kappa shape index (κ3) is 9.13. The largest absolute Gasteiger partial charge is 0.469 e. The molecule has 41 heavy (non-hydrogen) atoms. The highest BCUT2D eigenvalue weighted by Gasteiger charge is 2.41.